The molecule has 1 unspecified atom stereocenters. The number of benzene rings is 1. The standard InChI is InChI=1S/C14H19BrN2O/c1-9(14(18)16-2)17-13-7-11(8-13)10-4-3-5-12(15)6-10/h3-6,9,11,13,17H,7-8H2,1-2H3,(H,16,18). The fourth-order valence-electron chi connectivity index (χ4n) is 2.43. The van der Waals surface area contributed by atoms with Crippen molar-refractivity contribution in [3.63, 3.8) is 0 Å². The molecule has 1 aliphatic rings. The zero-order valence-electron chi connectivity index (χ0n) is 10.7. The highest BCUT2D eigenvalue weighted by Gasteiger charge is 2.31. The molecule has 1 atom stereocenters. The second kappa shape index (κ2) is 5.85. The van der Waals surface area contributed by atoms with Crippen molar-refractivity contribution in [2.75, 3.05) is 7.05 Å². The number of nitrogens with one attached hydrogen (secondary N) is 2. The van der Waals surface area contributed by atoms with Crippen LogP contribution in [0.3, 0.4) is 0 Å². The van der Waals surface area contributed by atoms with Gasteiger partial charge in [0.2, 0.25) is 5.91 Å². The summed E-state index contributed by atoms with van der Waals surface area (Å²) in [6.07, 6.45) is 2.22. The van der Waals surface area contributed by atoms with E-state index in [1.807, 2.05) is 13.0 Å². The summed E-state index contributed by atoms with van der Waals surface area (Å²) in [5.74, 6) is 0.679. The Bertz CT molecular complexity index is 430. The van der Waals surface area contributed by atoms with Gasteiger partial charge in [0.05, 0.1) is 6.04 Å². The summed E-state index contributed by atoms with van der Waals surface area (Å²) in [6.45, 7) is 1.91. The number of rotatable bonds is 4. The summed E-state index contributed by atoms with van der Waals surface area (Å²) in [6, 6.07) is 8.83. The molecule has 1 aromatic carbocycles. The first-order valence-corrected chi connectivity index (χ1v) is 7.12. The molecule has 1 saturated carbocycles. The fourth-order valence-corrected chi connectivity index (χ4v) is 2.85. The van der Waals surface area contributed by atoms with E-state index in [0.717, 1.165) is 17.3 Å². The van der Waals surface area contributed by atoms with Crippen molar-refractivity contribution in [2.24, 2.45) is 0 Å². The third-order valence-corrected chi connectivity index (χ3v) is 4.08. The summed E-state index contributed by atoms with van der Waals surface area (Å²) in [5, 5.41) is 6.02. The van der Waals surface area contributed by atoms with E-state index in [9.17, 15) is 4.79 Å². The van der Waals surface area contributed by atoms with Crippen molar-refractivity contribution in [1.82, 2.24) is 10.6 Å². The average Bonchev–Trinajstić information content (AvgIpc) is 2.31. The van der Waals surface area contributed by atoms with E-state index in [0.29, 0.717) is 12.0 Å². The Morgan fingerprint density at radius 2 is 2.17 bits per heavy atom. The monoisotopic (exact) mass is 310 g/mol. The summed E-state index contributed by atoms with van der Waals surface area (Å²) < 4.78 is 1.13. The second-order valence-corrected chi connectivity index (χ2v) is 5.84. The van der Waals surface area contributed by atoms with Crippen LogP contribution in [0.4, 0.5) is 0 Å². The summed E-state index contributed by atoms with van der Waals surface area (Å²) in [4.78, 5) is 11.4. The molecule has 1 aliphatic carbocycles. The first kappa shape index (κ1) is 13.6. The molecule has 0 heterocycles. The minimum atomic E-state index is -0.108. The summed E-state index contributed by atoms with van der Waals surface area (Å²) in [5.41, 5.74) is 1.38. The first-order valence-electron chi connectivity index (χ1n) is 6.33. The Labute approximate surface area is 116 Å². The highest BCUT2D eigenvalue weighted by atomic mass is 79.9. The largest absolute Gasteiger partial charge is 0.358 e. The van der Waals surface area contributed by atoms with E-state index in [1.54, 1.807) is 7.05 Å². The Morgan fingerprint density at radius 3 is 2.78 bits per heavy atom. The van der Waals surface area contributed by atoms with Crippen LogP contribution in [0.1, 0.15) is 31.2 Å². The third-order valence-electron chi connectivity index (χ3n) is 3.58. The lowest BCUT2D eigenvalue weighted by Gasteiger charge is -2.37. The predicted molar refractivity (Wildman–Crippen MR) is 76.6 cm³/mol. The van der Waals surface area contributed by atoms with E-state index in [2.05, 4.69) is 44.8 Å². The van der Waals surface area contributed by atoms with Crippen LogP contribution in [0, 0.1) is 0 Å². The van der Waals surface area contributed by atoms with Crippen LogP contribution in [0.2, 0.25) is 0 Å². The van der Waals surface area contributed by atoms with Crippen molar-refractivity contribution >= 4 is 21.8 Å². The molecule has 0 radical (unpaired) electrons. The summed E-state index contributed by atoms with van der Waals surface area (Å²) >= 11 is 3.50. The topological polar surface area (TPSA) is 41.1 Å². The van der Waals surface area contributed by atoms with Crippen LogP contribution >= 0.6 is 15.9 Å². The number of halogens is 1. The number of carbonyl (C=O) groups is 1. The molecule has 0 aliphatic heterocycles. The fraction of sp³-hybridized carbons (Fsp3) is 0.500. The number of carbonyl (C=O) groups excluding carboxylic acids is 1. The number of likely N-dealkylation sites (N-methyl/N-ethyl adjacent to an activating group) is 1. The van der Waals surface area contributed by atoms with E-state index in [4.69, 9.17) is 0 Å². The van der Waals surface area contributed by atoms with Gasteiger partial charge in [0.15, 0.2) is 0 Å². The van der Waals surface area contributed by atoms with Crippen molar-refractivity contribution in [1.29, 1.82) is 0 Å². The van der Waals surface area contributed by atoms with Crippen molar-refractivity contribution in [3.05, 3.63) is 34.3 Å². The maximum atomic E-state index is 11.4. The van der Waals surface area contributed by atoms with Crippen molar-refractivity contribution in [2.45, 2.75) is 37.8 Å². The van der Waals surface area contributed by atoms with Gasteiger partial charge in [-0.05, 0) is 43.4 Å². The van der Waals surface area contributed by atoms with Crippen LogP contribution in [-0.4, -0.2) is 25.0 Å². The maximum Gasteiger partial charge on any atom is 0.236 e. The van der Waals surface area contributed by atoms with E-state index in [-0.39, 0.29) is 11.9 Å². The first-order chi connectivity index (χ1) is 8.60. The molecule has 1 fully saturated rings. The van der Waals surface area contributed by atoms with Gasteiger partial charge in [-0.1, -0.05) is 28.1 Å². The average molecular weight is 311 g/mol. The van der Waals surface area contributed by atoms with Crippen LogP contribution < -0.4 is 10.6 Å². The molecule has 3 nitrogen and oxygen atoms in total. The lowest BCUT2D eigenvalue weighted by molar-refractivity contribution is -0.122. The van der Waals surface area contributed by atoms with Gasteiger partial charge in [0.1, 0.15) is 0 Å². The van der Waals surface area contributed by atoms with Crippen LogP contribution in [0.25, 0.3) is 0 Å². The molecule has 2 rings (SSSR count). The number of hydrogen-bond acceptors (Lipinski definition) is 2. The van der Waals surface area contributed by atoms with Gasteiger partial charge >= 0.3 is 0 Å². The highest BCUT2D eigenvalue weighted by Crippen LogP contribution is 2.37. The van der Waals surface area contributed by atoms with Crippen LogP contribution in [0.15, 0.2) is 28.7 Å². The Morgan fingerprint density at radius 1 is 1.44 bits per heavy atom. The number of hydrogen-bond donors (Lipinski definition) is 2. The zero-order valence-corrected chi connectivity index (χ0v) is 12.3. The number of amides is 1. The van der Waals surface area contributed by atoms with Gasteiger partial charge in [-0.15, -0.1) is 0 Å². The third kappa shape index (κ3) is 3.12. The van der Waals surface area contributed by atoms with Crippen molar-refractivity contribution in [3.8, 4) is 0 Å². The van der Waals surface area contributed by atoms with Gasteiger partial charge in [-0.3, -0.25) is 4.79 Å². The quantitative estimate of drug-likeness (QED) is 0.896. The minimum Gasteiger partial charge on any atom is -0.358 e. The SMILES string of the molecule is CNC(=O)C(C)NC1CC(c2cccc(Br)c2)C1. The molecule has 0 bridgehead atoms. The van der Waals surface area contributed by atoms with E-state index in [1.165, 1.54) is 5.56 Å². The smallest absolute Gasteiger partial charge is 0.236 e. The van der Waals surface area contributed by atoms with Gasteiger partial charge in [0.25, 0.3) is 0 Å². The molecule has 1 aromatic rings. The molecule has 1 amide bonds. The van der Waals surface area contributed by atoms with Gasteiger partial charge in [-0.25, -0.2) is 0 Å². The second-order valence-electron chi connectivity index (χ2n) is 4.92. The van der Waals surface area contributed by atoms with E-state index < -0.39 is 0 Å². The predicted octanol–water partition coefficient (Wildman–Crippen LogP) is 2.42. The van der Waals surface area contributed by atoms with Gasteiger partial charge in [-0.2, -0.15) is 0 Å². The molecule has 2 N–H and O–H groups in total. The van der Waals surface area contributed by atoms with Crippen LogP contribution in [-0.2, 0) is 4.79 Å². The Balaban J connectivity index is 1.82. The molecular formula is C14H19BrN2O. The van der Waals surface area contributed by atoms with Gasteiger partial charge in [0, 0.05) is 17.6 Å². The Hall–Kier alpha value is -0.870. The normalized spacial score (nSPS) is 24.2. The molecule has 4 heteroatoms. The lowest BCUT2D eigenvalue weighted by atomic mass is 9.75. The molecule has 0 aromatic heterocycles. The van der Waals surface area contributed by atoms with Crippen LogP contribution in [0.5, 0.6) is 0 Å². The van der Waals surface area contributed by atoms with E-state index >= 15 is 0 Å². The van der Waals surface area contributed by atoms with Crippen molar-refractivity contribution < 1.29 is 4.79 Å². The lowest BCUT2D eigenvalue weighted by Crippen LogP contribution is -2.50. The highest BCUT2D eigenvalue weighted by molar-refractivity contribution is 9.10. The maximum absolute atomic E-state index is 11.4. The summed E-state index contributed by atoms with van der Waals surface area (Å²) in [7, 11) is 1.67. The molecule has 0 saturated heterocycles. The minimum absolute atomic E-state index is 0.0564. The zero-order chi connectivity index (χ0) is 13.1. The molecule has 0 spiro atoms. The Kier molecular flexibility index (Phi) is 4.40. The van der Waals surface area contributed by atoms with Gasteiger partial charge < -0.3 is 10.6 Å². The molecular weight excluding hydrogens is 292 g/mol. The molecule has 98 valence electrons. The molecule has 18 heavy (non-hydrogen) atoms.